The summed E-state index contributed by atoms with van der Waals surface area (Å²) in [6.07, 6.45) is 13.7. The van der Waals surface area contributed by atoms with E-state index in [-0.39, 0.29) is 35.4 Å². The van der Waals surface area contributed by atoms with Crippen LogP contribution in [0.5, 0.6) is 0 Å². The van der Waals surface area contributed by atoms with Gasteiger partial charge >= 0.3 is 5.97 Å². The Morgan fingerprint density at radius 2 is 1.89 bits per heavy atom. The van der Waals surface area contributed by atoms with Crippen molar-refractivity contribution in [2.24, 2.45) is 22.7 Å². The van der Waals surface area contributed by atoms with Crippen LogP contribution < -0.4 is 4.90 Å². The minimum atomic E-state index is -0.545. The number of nitrogens with zero attached hydrogens (tertiary/aromatic N) is 3. The average Bonchev–Trinajstić information content (AvgIpc) is 3.61. The third-order valence-corrected chi connectivity index (χ3v) is 9.77. The lowest BCUT2D eigenvalue weighted by molar-refractivity contribution is -0.167. The lowest BCUT2D eigenvalue weighted by Crippen LogP contribution is -2.60. The van der Waals surface area contributed by atoms with E-state index in [2.05, 4.69) is 27.9 Å². The number of esters is 1. The van der Waals surface area contributed by atoms with E-state index >= 15 is 0 Å². The Bertz CT molecular complexity index is 1170. The number of cyclic esters (lactones) is 1. The first-order chi connectivity index (χ1) is 18.3. The second-order valence-electron chi connectivity index (χ2n) is 12.0. The van der Waals surface area contributed by atoms with Crippen LogP contribution in [0.2, 0.25) is 0 Å². The molecule has 2 aliphatic carbocycles. The van der Waals surface area contributed by atoms with Crippen molar-refractivity contribution in [3.8, 4) is 0 Å². The van der Waals surface area contributed by atoms with Crippen molar-refractivity contribution in [2.75, 3.05) is 44.4 Å². The van der Waals surface area contributed by atoms with Crippen LogP contribution in [0.1, 0.15) is 45.1 Å². The summed E-state index contributed by atoms with van der Waals surface area (Å²) in [6, 6.07) is 0. The fourth-order valence-corrected chi connectivity index (χ4v) is 7.43. The van der Waals surface area contributed by atoms with Crippen molar-refractivity contribution in [1.29, 1.82) is 0 Å². The zero-order valence-electron chi connectivity index (χ0n) is 22.1. The lowest BCUT2D eigenvalue weighted by atomic mass is 9.45. The van der Waals surface area contributed by atoms with Crippen molar-refractivity contribution in [2.45, 2.75) is 51.2 Å². The highest BCUT2D eigenvalue weighted by atomic mass is 16.6. The summed E-state index contributed by atoms with van der Waals surface area (Å²) in [5.41, 5.74) is 0.328. The molecule has 2 saturated carbocycles. The fraction of sp³-hybridized carbons (Fsp3) is 0.621. The highest BCUT2D eigenvalue weighted by Crippen LogP contribution is 2.65. The predicted molar refractivity (Wildman–Crippen MR) is 140 cm³/mol. The zero-order chi connectivity index (χ0) is 26.5. The molecule has 38 heavy (non-hydrogen) atoms. The molecule has 4 fully saturated rings. The molecular weight excluding hydrogens is 486 g/mol. The number of morpholine rings is 1. The summed E-state index contributed by atoms with van der Waals surface area (Å²) in [4.78, 5) is 23.7. The first-order valence-corrected chi connectivity index (χ1v) is 13.7. The Kier molecular flexibility index (Phi) is 6.45. The molecule has 3 aliphatic heterocycles. The molecule has 1 aromatic heterocycles. The number of hydrogen-bond donors (Lipinski definition) is 2. The molecule has 1 spiro atoms. The quantitative estimate of drug-likeness (QED) is 0.444. The smallest absolute Gasteiger partial charge is 0.343 e. The van der Waals surface area contributed by atoms with Crippen molar-refractivity contribution in [3.63, 3.8) is 0 Å². The van der Waals surface area contributed by atoms with E-state index in [1.54, 1.807) is 24.5 Å². The molecule has 0 bridgehead atoms. The van der Waals surface area contributed by atoms with Crippen LogP contribution in [0, 0.1) is 22.7 Å². The Morgan fingerprint density at radius 1 is 1.16 bits per heavy atom. The highest BCUT2D eigenvalue weighted by Gasteiger charge is 2.66. The largest absolute Gasteiger partial charge is 0.423 e. The molecule has 0 aromatic carbocycles. The molecule has 5 aliphatic rings. The molecule has 204 valence electrons. The fourth-order valence-electron chi connectivity index (χ4n) is 7.43. The van der Waals surface area contributed by atoms with Gasteiger partial charge in [0, 0.05) is 42.4 Å². The van der Waals surface area contributed by atoms with E-state index < -0.39 is 11.5 Å². The number of carbonyl (C=O) groups is 1. The highest BCUT2D eigenvalue weighted by molar-refractivity contribution is 5.96. The number of rotatable bonds is 5. The van der Waals surface area contributed by atoms with Crippen LogP contribution in [-0.4, -0.2) is 77.4 Å². The molecular formula is C29H37N3O6. The predicted octanol–water partition coefficient (Wildman–Crippen LogP) is 2.65. The number of carbonyl (C=O) groups excluding carboxylic acids is 1. The van der Waals surface area contributed by atoms with Crippen LogP contribution in [0.4, 0.5) is 5.95 Å². The van der Waals surface area contributed by atoms with Crippen LogP contribution in [0.25, 0.3) is 6.08 Å². The van der Waals surface area contributed by atoms with Gasteiger partial charge in [0.05, 0.1) is 43.7 Å². The average molecular weight is 524 g/mol. The number of fused-ring (bicyclic) bond motifs is 1. The topological polar surface area (TPSA) is 118 Å². The maximum Gasteiger partial charge on any atom is 0.343 e. The van der Waals surface area contributed by atoms with Gasteiger partial charge in [0.2, 0.25) is 5.95 Å². The molecule has 9 nitrogen and oxygen atoms in total. The summed E-state index contributed by atoms with van der Waals surface area (Å²) >= 11 is 0. The zero-order valence-corrected chi connectivity index (χ0v) is 22.1. The molecule has 0 amide bonds. The van der Waals surface area contributed by atoms with Crippen LogP contribution >= 0.6 is 0 Å². The van der Waals surface area contributed by atoms with Crippen molar-refractivity contribution in [1.82, 2.24) is 9.97 Å². The molecule has 9 heteroatoms. The molecule has 6 rings (SSSR count). The summed E-state index contributed by atoms with van der Waals surface area (Å²) in [7, 11) is 0. The second-order valence-corrected chi connectivity index (χ2v) is 12.0. The van der Waals surface area contributed by atoms with Gasteiger partial charge < -0.3 is 29.3 Å². The molecule has 2 saturated heterocycles. The second kappa shape index (κ2) is 9.55. The number of anilines is 1. The molecule has 4 heterocycles. The maximum absolute atomic E-state index is 12.7. The third-order valence-electron chi connectivity index (χ3n) is 9.77. The molecule has 3 unspecified atom stereocenters. The van der Waals surface area contributed by atoms with Gasteiger partial charge in [0.25, 0.3) is 0 Å². The van der Waals surface area contributed by atoms with Gasteiger partial charge in [-0.15, -0.1) is 0 Å². The van der Waals surface area contributed by atoms with E-state index in [0.29, 0.717) is 43.5 Å². The maximum atomic E-state index is 12.7. The van der Waals surface area contributed by atoms with E-state index in [1.807, 2.05) is 13.0 Å². The summed E-state index contributed by atoms with van der Waals surface area (Å²) in [5.74, 6) is 0.974. The Balaban J connectivity index is 1.21. The van der Waals surface area contributed by atoms with Crippen LogP contribution in [-0.2, 0) is 19.0 Å². The van der Waals surface area contributed by atoms with Crippen LogP contribution in [0.3, 0.4) is 0 Å². The molecule has 2 N–H and O–H groups in total. The van der Waals surface area contributed by atoms with Crippen LogP contribution in [0.15, 0.2) is 42.0 Å². The number of hydrogen-bond acceptors (Lipinski definition) is 9. The Labute approximate surface area is 223 Å². The Hall–Kier alpha value is -2.59. The number of aliphatic hydroxyl groups is 2. The van der Waals surface area contributed by atoms with E-state index in [1.165, 1.54) is 0 Å². The van der Waals surface area contributed by atoms with Gasteiger partial charge in [0.15, 0.2) is 0 Å². The van der Waals surface area contributed by atoms with Gasteiger partial charge in [-0.1, -0.05) is 26.0 Å². The first-order valence-electron chi connectivity index (χ1n) is 13.7. The Morgan fingerprint density at radius 3 is 2.58 bits per heavy atom. The summed E-state index contributed by atoms with van der Waals surface area (Å²) in [6.45, 7) is 7.82. The minimum absolute atomic E-state index is 0.0402. The minimum Gasteiger partial charge on any atom is -0.423 e. The van der Waals surface area contributed by atoms with Gasteiger partial charge in [0.1, 0.15) is 5.76 Å². The van der Waals surface area contributed by atoms with Gasteiger partial charge in [-0.3, -0.25) is 0 Å². The normalized spacial score (nSPS) is 39.9. The number of aromatic nitrogens is 2. The lowest BCUT2D eigenvalue weighted by Gasteiger charge is -2.60. The SMILES string of the molecule is C[C@]12CC[C@@H](O)[C@@](C)(CO)C1CCC1(CO1)C2C=CC1=CC(=Cc2cnc(N3CCOCC3)nc2)OC1=O. The van der Waals surface area contributed by atoms with E-state index in [0.717, 1.165) is 37.9 Å². The number of epoxide rings is 1. The standard InChI is InChI=1S/C29H37N3O6/c1-27-7-6-24(34)28(2,17-33)22(27)5-8-29(18-37-29)23(27)4-3-20-14-21(38-25(20)35)13-19-15-30-26(31-16-19)32-9-11-36-12-10-32/h3-4,13-16,22-24,33-34H,5-12,17-18H2,1-2H3/t22?,23?,24-,27+,28+,29?/m1/s1. The number of aliphatic hydroxyl groups excluding tert-OH is 2. The monoisotopic (exact) mass is 523 g/mol. The number of allylic oxidation sites excluding steroid dienone is 1. The molecule has 0 radical (unpaired) electrons. The van der Waals surface area contributed by atoms with Gasteiger partial charge in [-0.05, 0) is 49.2 Å². The van der Waals surface area contributed by atoms with Crippen molar-refractivity contribution >= 4 is 18.0 Å². The van der Waals surface area contributed by atoms with E-state index in [4.69, 9.17) is 14.2 Å². The molecule has 6 atom stereocenters. The number of ether oxygens (including phenoxy) is 3. The third kappa shape index (κ3) is 4.29. The summed E-state index contributed by atoms with van der Waals surface area (Å²) in [5, 5.41) is 21.1. The van der Waals surface area contributed by atoms with E-state index in [9.17, 15) is 15.0 Å². The van der Waals surface area contributed by atoms with Gasteiger partial charge in [-0.25, -0.2) is 14.8 Å². The van der Waals surface area contributed by atoms with Crippen molar-refractivity contribution < 1.29 is 29.2 Å². The summed E-state index contributed by atoms with van der Waals surface area (Å²) < 4.78 is 17.0. The van der Waals surface area contributed by atoms with Gasteiger partial charge in [-0.2, -0.15) is 0 Å². The van der Waals surface area contributed by atoms with Crippen molar-refractivity contribution in [3.05, 3.63) is 47.5 Å². The first kappa shape index (κ1) is 25.7. The molecule has 1 aromatic rings.